The summed E-state index contributed by atoms with van der Waals surface area (Å²) >= 11 is 0. The summed E-state index contributed by atoms with van der Waals surface area (Å²) in [6.45, 7) is 0. The smallest absolute Gasteiger partial charge is 0.373 e. The number of benzene rings is 1. The van der Waals surface area contributed by atoms with Crippen molar-refractivity contribution in [2.75, 3.05) is 0 Å². The van der Waals surface area contributed by atoms with Gasteiger partial charge in [-0.05, 0) is 18.4 Å². The summed E-state index contributed by atoms with van der Waals surface area (Å²) < 4.78 is 78.2. The zero-order valence-corrected chi connectivity index (χ0v) is 13.4. The molecule has 2 nitrogen and oxygen atoms in total. The first-order valence-corrected chi connectivity index (χ1v) is 8.02. The Hall–Kier alpha value is -1.57. The zero-order chi connectivity index (χ0) is 18.7. The highest BCUT2D eigenvalue weighted by Crippen LogP contribution is 2.46. The molecule has 1 saturated carbocycles. The Bertz CT molecular complexity index is 573. The van der Waals surface area contributed by atoms with Gasteiger partial charge in [-0.2, -0.15) is 26.3 Å². The largest absolute Gasteiger partial charge is 0.426 e. The topological polar surface area (TPSA) is 32.6 Å². The maximum atomic E-state index is 13.0. The number of rotatable bonds is 4. The van der Waals surface area contributed by atoms with Gasteiger partial charge in [0.1, 0.15) is 0 Å². The highest BCUT2D eigenvalue weighted by Gasteiger charge is 2.70. The molecule has 1 aliphatic carbocycles. The molecule has 0 radical (unpaired) electrons. The number of aliphatic hydroxyl groups is 1. The van der Waals surface area contributed by atoms with Crippen LogP contribution in [0.3, 0.4) is 0 Å². The van der Waals surface area contributed by atoms with Gasteiger partial charge in [0, 0.05) is 12.1 Å². The first-order chi connectivity index (χ1) is 11.5. The Labute approximate surface area is 141 Å². The number of aliphatic imine (C=N–C) groups is 1. The van der Waals surface area contributed by atoms with Crippen LogP contribution in [0.2, 0.25) is 0 Å². The van der Waals surface area contributed by atoms with E-state index in [1.165, 1.54) is 24.3 Å². The van der Waals surface area contributed by atoms with Gasteiger partial charge in [0.25, 0.3) is 5.60 Å². The van der Waals surface area contributed by atoms with Crippen LogP contribution in [0.15, 0.2) is 35.3 Å². The fourth-order valence-corrected chi connectivity index (χ4v) is 2.89. The Morgan fingerprint density at radius 1 is 0.920 bits per heavy atom. The van der Waals surface area contributed by atoms with E-state index in [4.69, 9.17) is 0 Å². The van der Waals surface area contributed by atoms with E-state index >= 15 is 0 Å². The number of halogens is 6. The highest BCUT2D eigenvalue weighted by molar-refractivity contribution is 6.01. The fraction of sp³-hybridized carbons (Fsp3) is 0.588. The number of hydrogen-bond donors (Lipinski definition) is 1. The molecule has 1 aliphatic rings. The first-order valence-electron chi connectivity index (χ1n) is 8.02. The van der Waals surface area contributed by atoms with Crippen molar-refractivity contribution in [2.45, 2.75) is 62.5 Å². The van der Waals surface area contributed by atoms with E-state index in [1.807, 2.05) is 0 Å². The Kier molecular flexibility index (Phi) is 5.81. The maximum absolute atomic E-state index is 13.0. The van der Waals surface area contributed by atoms with Gasteiger partial charge in [-0.25, -0.2) is 0 Å². The predicted molar refractivity (Wildman–Crippen MR) is 81.5 cm³/mol. The standard InChI is InChI=1S/C17H19F6NO/c18-16(19,20)15(25,17(21,22)23)11-14(12-7-3-1-4-8-12)24-13-9-5-2-6-10-13/h1,3-4,7-8,13,25H,2,5-6,9-11H2. The second kappa shape index (κ2) is 7.35. The monoisotopic (exact) mass is 367 g/mol. The van der Waals surface area contributed by atoms with Crippen LogP contribution in [0.5, 0.6) is 0 Å². The summed E-state index contributed by atoms with van der Waals surface area (Å²) in [4.78, 5) is 4.17. The number of nitrogens with zero attached hydrogens (tertiary/aromatic N) is 1. The number of alkyl halides is 6. The van der Waals surface area contributed by atoms with Crippen LogP contribution < -0.4 is 0 Å². The second-order valence-electron chi connectivity index (χ2n) is 6.27. The van der Waals surface area contributed by atoms with Gasteiger partial charge in [-0.1, -0.05) is 49.6 Å². The summed E-state index contributed by atoms with van der Waals surface area (Å²) in [5.74, 6) is 0. The third-order valence-corrected chi connectivity index (χ3v) is 4.38. The molecular formula is C17H19F6NO. The van der Waals surface area contributed by atoms with Gasteiger partial charge in [-0.3, -0.25) is 4.99 Å². The third-order valence-electron chi connectivity index (χ3n) is 4.38. The SMILES string of the molecule is OC(CC(=NC1CCCCC1)c1ccccc1)(C(F)(F)F)C(F)(F)F. The fourth-order valence-electron chi connectivity index (χ4n) is 2.89. The summed E-state index contributed by atoms with van der Waals surface area (Å²) in [5.41, 5.74) is -5.05. The Morgan fingerprint density at radius 2 is 1.44 bits per heavy atom. The van der Waals surface area contributed by atoms with E-state index in [0.717, 1.165) is 19.3 Å². The van der Waals surface area contributed by atoms with Gasteiger partial charge in [0.2, 0.25) is 0 Å². The van der Waals surface area contributed by atoms with Crippen molar-refractivity contribution in [3.05, 3.63) is 35.9 Å². The van der Waals surface area contributed by atoms with Gasteiger partial charge in [-0.15, -0.1) is 0 Å². The number of hydrogen-bond acceptors (Lipinski definition) is 2. The third kappa shape index (κ3) is 4.54. The van der Waals surface area contributed by atoms with E-state index in [2.05, 4.69) is 4.99 Å². The molecule has 140 valence electrons. The van der Waals surface area contributed by atoms with Crippen molar-refractivity contribution >= 4 is 5.71 Å². The average Bonchev–Trinajstić information content (AvgIpc) is 2.54. The first kappa shape index (κ1) is 19.8. The van der Waals surface area contributed by atoms with Crippen molar-refractivity contribution in [3.8, 4) is 0 Å². The molecule has 1 aromatic rings. The van der Waals surface area contributed by atoms with E-state index in [9.17, 15) is 31.4 Å². The molecule has 0 aromatic heterocycles. The molecule has 0 unspecified atom stereocenters. The van der Waals surface area contributed by atoms with Gasteiger partial charge in [0.15, 0.2) is 0 Å². The lowest BCUT2D eigenvalue weighted by atomic mass is 9.90. The molecule has 8 heteroatoms. The molecule has 0 heterocycles. The molecule has 0 atom stereocenters. The lowest BCUT2D eigenvalue weighted by Crippen LogP contribution is -2.58. The van der Waals surface area contributed by atoms with Crippen molar-refractivity contribution in [1.82, 2.24) is 0 Å². The van der Waals surface area contributed by atoms with E-state index in [1.54, 1.807) is 6.07 Å². The van der Waals surface area contributed by atoms with Gasteiger partial charge in [0.05, 0.1) is 6.04 Å². The van der Waals surface area contributed by atoms with Crippen LogP contribution in [-0.4, -0.2) is 34.8 Å². The molecule has 1 aromatic carbocycles. The van der Waals surface area contributed by atoms with E-state index < -0.39 is 24.4 Å². The normalized spacial score (nSPS) is 18.4. The van der Waals surface area contributed by atoms with Crippen molar-refractivity contribution in [2.24, 2.45) is 4.99 Å². The molecule has 2 rings (SSSR count). The summed E-state index contributed by atoms with van der Waals surface area (Å²) in [6.07, 6.45) is -9.49. The van der Waals surface area contributed by atoms with Crippen molar-refractivity contribution < 1.29 is 31.4 Å². The van der Waals surface area contributed by atoms with Crippen molar-refractivity contribution in [1.29, 1.82) is 0 Å². The summed E-state index contributed by atoms with van der Waals surface area (Å²) in [6, 6.07) is 7.08. The molecule has 0 aliphatic heterocycles. The predicted octanol–water partition coefficient (Wildman–Crippen LogP) is 5.05. The Balaban J connectivity index is 2.43. The maximum Gasteiger partial charge on any atom is 0.426 e. The van der Waals surface area contributed by atoms with Crippen LogP contribution in [-0.2, 0) is 0 Å². The molecule has 0 bridgehead atoms. The lowest BCUT2D eigenvalue weighted by molar-refractivity contribution is -0.365. The van der Waals surface area contributed by atoms with Crippen LogP contribution in [0.4, 0.5) is 26.3 Å². The zero-order valence-electron chi connectivity index (χ0n) is 13.4. The average molecular weight is 367 g/mol. The summed E-state index contributed by atoms with van der Waals surface area (Å²) in [5, 5.41) is 9.51. The molecule has 0 spiro atoms. The van der Waals surface area contributed by atoms with E-state index in [-0.39, 0.29) is 17.3 Å². The molecule has 0 saturated heterocycles. The molecule has 25 heavy (non-hydrogen) atoms. The van der Waals surface area contributed by atoms with Crippen LogP contribution in [0.25, 0.3) is 0 Å². The lowest BCUT2D eigenvalue weighted by Gasteiger charge is -2.33. The van der Waals surface area contributed by atoms with Gasteiger partial charge < -0.3 is 5.11 Å². The molecule has 0 amide bonds. The minimum Gasteiger partial charge on any atom is -0.373 e. The van der Waals surface area contributed by atoms with Crippen LogP contribution in [0.1, 0.15) is 44.1 Å². The minimum atomic E-state index is -5.85. The summed E-state index contributed by atoms with van der Waals surface area (Å²) in [7, 11) is 0. The van der Waals surface area contributed by atoms with E-state index in [0.29, 0.717) is 12.8 Å². The molecule has 1 N–H and O–H groups in total. The second-order valence-corrected chi connectivity index (χ2v) is 6.27. The van der Waals surface area contributed by atoms with Gasteiger partial charge >= 0.3 is 12.4 Å². The van der Waals surface area contributed by atoms with Crippen molar-refractivity contribution in [3.63, 3.8) is 0 Å². The molecule has 1 fully saturated rings. The molecular weight excluding hydrogens is 348 g/mol. The van der Waals surface area contributed by atoms with Crippen LogP contribution >= 0.6 is 0 Å². The quantitative estimate of drug-likeness (QED) is 0.586. The Morgan fingerprint density at radius 3 is 1.92 bits per heavy atom. The minimum absolute atomic E-state index is 0.153. The van der Waals surface area contributed by atoms with Crippen LogP contribution in [0, 0.1) is 0 Å². The highest BCUT2D eigenvalue weighted by atomic mass is 19.4.